The van der Waals surface area contributed by atoms with Gasteiger partial charge >= 0.3 is 25.0 Å². The van der Waals surface area contributed by atoms with Crippen molar-refractivity contribution in [3.63, 3.8) is 0 Å². The highest BCUT2D eigenvalue weighted by atomic mass is 79.9. The normalized spacial score (nSPS) is 12.3. The van der Waals surface area contributed by atoms with Crippen molar-refractivity contribution in [3.8, 4) is 22.9 Å². The molecule has 0 saturated heterocycles. The van der Waals surface area contributed by atoms with Gasteiger partial charge in [-0.2, -0.15) is 17.6 Å². The van der Waals surface area contributed by atoms with Crippen LogP contribution in [0.3, 0.4) is 0 Å². The maximum Gasteiger partial charge on any atom is 0.408 e. The summed E-state index contributed by atoms with van der Waals surface area (Å²) in [5.74, 6) is -1.85. The molecule has 63 heavy (non-hydrogen) atoms. The van der Waals surface area contributed by atoms with Gasteiger partial charge in [0.15, 0.2) is 0 Å². The SMILES string of the molecule is CC(C)(C)OC(=O)N[C@@H](CBr)c1ccccc1.CC(C)(C)OC(=O)N[C@@H](Cn1ccc(-c2nnc(C(F)F)o2)cc1=O)c1ccccc1.O=c1cc(-c2nnc(C(F)F)o2)cc[nH]1. The Morgan fingerprint density at radius 3 is 1.57 bits per heavy atom. The molecule has 0 fully saturated rings. The molecule has 0 spiro atoms. The number of carbonyl (C=O) groups is 2. The molecule has 16 nitrogen and oxygen atoms in total. The summed E-state index contributed by atoms with van der Waals surface area (Å²) in [6.45, 7) is 10.9. The Labute approximate surface area is 366 Å². The fraction of sp³-hybridized carbons (Fsp3) is 0.333. The lowest BCUT2D eigenvalue weighted by Crippen LogP contribution is -2.37. The number of nitrogens with one attached hydrogen (secondary N) is 3. The van der Waals surface area contributed by atoms with Crippen LogP contribution in [0.4, 0.5) is 27.2 Å². The first-order valence-corrected chi connectivity index (χ1v) is 20.1. The molecular formula is C42H45BrF4N8O8. The number of hydrogen-bond donors (Lipinski definition) is 3. The van der Waals surface area contributed by atoms with E-state index in [0.717, 1.165) is 11.1 Å². The van der Waals surface area contributed by atoms with Gasteiger partial charge in [0.25, 0.3) is 17.3 Å². The number of benzene rings is 2. The molecule has 4 aromatic heterocycles. The monoisotopic (exact) mass is 944 g/mol. The zero-order valence-electron chi connectivity index (χ0n) is 34.9. The number of alkyl carbamates (subject to hydrolysis) is 2. The summed E-state index contributed by atoms with van der Waals surface area (Å²) < 4.78 is 71.0. The first kappa shape index (κ1) is 49.0. The molecule has 2 aromatic carbocycles. The van der Waals surface area contributed by atoms with Crippen molar-refractivity contribution < 1.29 is 45.5 Å². The van der Waals surface area contributed by atoms with Gasteiger partial charge < -0.3 is 38.5 Å². The van der Waals surface area contributed by atoms with E-state index in [1.54, 1.807) is 20.8 Å². The number of hydrogen-bond acceptors (Lipinski definition) is 12. The Hall–Kier alpha value is -6.64. The molecule has 0 saturated carbocycles. The molecule has 0 aliphatic rings. The maximum atomic E-state index is 12.6. The number of nitrogens with zero attached hydrogens (tertiary/aromatic N) is 5. The van der Waals surface area contributed by atoms with E-state index in [2.05, 4.69) is 56.4 Å². The minimum atomic E-state index is -2.90. The highest BCUT2D eigenvalue weighted by Crippen LogP contribution is 2.24. The maximum absolute atomic E-state index is 12.6. The fourth-order valence-electron chi connectivity index (χ4n) is 5.16. The Morgan fingerprint density at radius 1 is 0.698 bits per heavy atom. The van der Waals surface area contributed by atoms with Crippen molar-refractivity contribution in [1.29, 1.82) is 0 Å². The van der Waals surface area contributed by atoms with E-state index in [-0.39, 0.29) is 35.5 Å². The second-order valence-electron chi connectivity index (χ2n) is 15.2. The zero-order valence-corrected chi connectivity index (χ0v) is 36.4. The van der Waals surface area contributed by atoms with Crippen LogP contribution >= 0.6 is 15.9 Å². The summed E-state index contributed by atoms with van der Waals surface area (Å²) >= 11 is 3.39. The van der Waals surface area contributed by atoms with Gasteiger partial charge in [-0.05, 0) is 64.8 Å². The van der Waals surface area contributed by atoms with Crippen molar-refractivity contribution in [1.82, 2.24) is 40.6 Å². The minimum Gasteiger partial charge on any atom is -0.444 e. The quantitative estimate of drug-likeness (QED) is 0.0821. The largest absolute Gasteiger partial charge is 0.444 e. The number of carbonyl (C=O) groups excluding carboxylic acids is 2. The highest BCUT2D eigenvalue weighted by molar-refractivity contribution is 9.09. The third-order valence-corrected chi connectivity index (χ3v) is 8.49. The molecule has 0 radical (unpaired) electrons. The molecule has 0 aliphatic carbocycles. The molecule has 6 aromatic rings. The van der Waals surface area contributed by atoms with Gasteiger partial charge in [-0.25, -0.2) is 9.59 Å². The van der Waals surface area contributed by atoms with Gasteiger partial charge in [0.2, 0.25) is 17.3 Å². The Kier molecular flexibility index (Phi) is 17.5. The van der Waals surface area contributed by atoms with Crippen molar-refractivity contribution in [2.75, 3.05) is 5.33 Å². The third kappa shape index (κ3) is 16.3. The number of pyridine rings is 2. The molecule has 3 N–H and O–H groups in total. The minimum absolute atomic E-state index is 0.0777. The van der Waals surface area contributed by atoms with Crippen LogP contribution in [0.1, 0.15) is 89.4 Å². The van der Waals surface area contributed by atoms with E-state index in [4.69, 9.17) is 13.9 Å². The fourth-order valence-corrected chi connectivity index (χ4v) is 5.70. The van der Waals surface area contributed by atoms with Crippen LogP contribution in [0, 0.1) is 0 Å². The molecule has 2 amide bonds. The van der Waals surface area contributed by atoms with E-state index in [1.165, 1.54) is 41.2 Å². The van der Waals surface area contributed by atoms with Crippen LogP contribution in [0.2, 0.25) is 0 Å². The van der Waals surface area contributed by atoms with Gasteiger partial charge in [-0.15, -0.1) is 20.4 Å². The molecule has 0 bridgehead atoms. The molecule has 6 rings (SSSR count). The van der Waals surface area contributed by atoms with Gasteiger partial charge in [-0.1, -0.05) is 76.6 Å². The van der Waals surface area contributed by atoms with Crippen molar-refractivity contribution >= 4 is 28.1 Å². The number of rotatable bonds is 11. The molecule has 2 atom stereocenters. The van der Waals surface area contributed by atoms with Gasteiger partial charge in [0.1, 0.15) is 11.2 Å². The summed E-state index contributed by atoms with van der Waals surface area (Å²) in [6, 6.07) is 23.7. The zero-order chi connectivity index (χ0) is 46.3. The number of alkyl halides is 5. The predicted octanol–water partition coefficient (Wildman–Crippen LogP) is 9.11. The van der Waals surface area contributed by atoms with Crippen LogP contribution in [-0.2, 0) is 16.0 Å². The third-order valence-electron chi connectivity index (χ3n) is 7.84. The van der Waals surface area contributed by atoms with Crippen LogP contribution in [-0.4, -0.2) is 58.7 Å². The lowest BCUT2D eigenvalue weighted by Gasteiger charge is -2.24. The molecule has 21 heteroatoms. The summed E-state index contributed by atoms with van der Waals surface area (Å²) in [5, 5.41) is 19.6. The van der Waals surface area contributed by atoms with Crippen LogP contribution < -0.4 is 21.8 Å². The van der Waals surface area contributed by atoms with Crippen LogP contribution in [0.15, 0.2) is 116 Å². The van der Waals surface area contributed by atoms with Gasteiger partial charge in [-0.3, -0.25) is 9.59 Å². The van der Waals surface area contributed by atoms with E-state index < -0.39 is 59.6 Å². The van der Waals surface area contributed by atoms with Crippen molar-refractivity contribution in [2.24, 2.45) is 0 Å². The second-order valence-corrected chi connectivity index (χ2v) is 15.9. The van der Waals surface area contributed by atoms with E-state index in [1.807, 2.05) is 81.4 Å². The van der Waals surface area contributed by atoms with E-state index >= 15 is 0 Å². The standard InChI is InChI=1S/C21H22F2N4O4.C13H18BrNO2.C8H5F2N3O2/c1-21(2,3)31-20(29)24-15(13-7-5-4-6-8-13)12-27-10-9-14(11-16(27)28)18-25-26-19(30-18)17(22)23;1-13(2,3)17-12(16)15-11(9-14)10-7-5-4-6-8-10;9-6(10)8-13-12-7(15-8)4-1-2-11-5(14)3-4/h4-11,15,17H,12H2,1-3H3,(H,24,29);4-8,11H,9H2,1-3H3,(H,15,16);1-3,6H,(H,11,14)/t15-;11-;/m00./s1. The first-order valence-electron chi connectivity index (χ1n) is 19.0. The molecule has 4 heterocycles. The smallest absolute Gasteiger partial charge is 0.408 e. The van der Waals surface area contributed by atoms with Gasteiger partial charge in [0.05, 0.1) is 18.6 Å². The number of ether oxygens (including phenoxy) is 2. The van der Waals surface area contributed by atoms with Crippen LogP contribution in [0.25, 0.3) is 22.9 Å². The molecule has 0 unspecified atom stereocenters. The van der Waals surface area contributed by atoms with Crippen LogP contribution in [0.5, 0.6) is 0 Å². The molecule has 336 valence electrons. The average molecular weight is 946 g/mol. The van der Waals surface area contributed by atoms with Crippen molar-refractivity contribution in [3.05, 3.63) is 141 Å². The molecular weight excluding hydrogens is 900 g/mol. The lowest BCUT2D eigenvalue weighted by atomic mass is 10.1. The number of aromatic nitrogens is 6. The number of H-pyrrole nitrogens is 1. The number of aromatic amines is 1. The van der Waals surface area contributed by atoms with Gasteiger partial charge in [0, 0.05) is 41.0 Å². The first-order chi connectivity index (χ1) is 29.7. The lowest BCUT2D eigenvalue weighted by molar-refractivity contribution is 0.0490. The highest BCUT2D eigenvalue weighted by Gasteiger charge is 2.23. The Morgan fingerprint density at radius 2 is 1.16 bits per heavy atom. The second kappa shape index (κ2) is 22.5. The summed E-state index contributed by atoms with van der Waals surface area (Å²) in [5.41, 5.74) is 0.404. The number of halogens is 5. The molecule has 0 aliphatic heterocycles. The predicted molar refractivity (Wildman–Crippen MR) is 225 cm³/mol. The van der Waals surface area contributed by atoms with E-state index in [9.17, 15) is 36.7 Å². The Bertz CT molecular complexity index is 2490. The summed E-state index contributed by atoms with van der Waals surface area (Å²) in [7, 11) is 0. The summed E-state index contributed by atoms with van der Waals surface area (Å²) in [6.07, 6.45) is -3.89. The summed E-state index contributed by atoms with van der Waals surface area (Å²) in [4.78, 5) is 49.9. The van der Waals surface area contributed by atoms with E-state index in [0.29, 0.717) is 10.9 Å². The topological polar surface area (TPSA) is 209 Å². The Balaban J connectivity index is 0.000000229. The average Bonchev–Trinajstić information content (AvgIpc) is 3.93. The van der Waals surface area contributed by atoms with Crippen molar-refractivity contribution in [2.45, 2.75) is 84.2 Å². The number of amides is 2.